The number of rotatable bonds is 7. The average molecular weight is 293 g/mol. The van der Waals surface area contributed by atoms with Gasteiger partial charge in [0, 0.05) is 36.6 Å². The third kappa shape index (κ3) is 3.50. The van der Waals surface area contributed by atoms with E-state index in [1.807, 2.05) is 18.2 Å². The first kappa shape index (κ1) is 16.1. The monoisotopic (exact) mass is 293 g/mol. The van der Waals surface area contributed by atoms with Gasteiger partial charge in [-0.25, -0.2) is 0 Å². The Morgan fingerprint density at radius 2 is 2.14 bits per heavy atom. The van der Waals surface area contributed by atoms with Crippen molar-refractivity contribution in [1.82, 2.24) is 5.32 Å². The normalized spacial score (nSPS) is 18.0. The molecule has 1 heterocycles. The van der Waals surface area contributed by atoms with E-state index in [-0.39, 0.29) is 18.1 Å². The van der Waals surface area contributed by atoms with E-state index in [0.717, 1.165) is 49.5 Å². The molecule has 0 fully saturated rings. The van der Waals surface area contributed by atoms with Gasteiger partial charge in [-0.15, -0.1) is 0 Å². The molecule has 0 spiro atoms. The minimum Gasteiger partial charge on any atom is -0.497 e. The Kier molecular flexibility index (Phi) is 5.48. The molecule has 0 bridgehead atoms. The lowest BCUT2D eigenvalue weighted by Gasteiger charge is -2.34. The highest BCUT2D eigenvalue weighted by Crippen LogP contribution is 2.35. The van der Waals surface area contributed by atoms with E-state index in [0.29, 0.717) is 0 Å². The Labute approximate surface area is 127 Å². The molecule has 1 aromatic rings. The Balaban J connectivity index is 2.12. The van der Waals surface area contributed by atoms with Crippen molar-refractivity contribution in [2.24, 2.45) is 5.41 Å². The summed E-state index contributed by atoms with van der Waals surface area (Å²) in [6.45, 7) is 6.05. The van der Waals surface area contributed by atoms with Crippen molar-refractivity contribution < 1.29 is 14.6 Å². The molecule has 4 heteroatoms. The number of fused-ring (bicyclic) bond motifs is 1. The van der Waals surface area contributed by atoms with Gasteiger partial charge in [-0.3, -0.25) is 0 Å². The van der Waals surface area contributed by atoms with E-state index in [9.17, 15) is 5.11 Å². The van der Waals surface area contributed by atoms with Gasteiger partial charge in [0.05, 0.1) is 13.7 Å². The zero-order valence-electron chi connectivity index (χ0n) is 13.3. The molecule has 2 rings (SSSR count). The van der Waals surface area contributed by atoms with Crippen molar-refractivity contribution in [2.45, 2.75) is 39.2 Å². The van der Waals surface area contributed by atoms with Gasteiger partial charge in [-0.05, 0) is 31.0 Å². The molecule has 1 atom stereocenters. The van der Waals surface area contributed by atoms with Crippen LogP contribution in [0.25, 0.3) is 0 Å². The van der Waals surface area contributed by atoms with E-state index in [1.165, 1.54) is 0 Å². The lowest BCUT2D eigenvalue weighted by Crippen LogP contribution is -2.39. The topological polar surface area (TPSA) is 50.7 Å². The largest absolute Gasteiger partial charge is 0.497 e. The zero-order valence-corrected chi connectivity index (χ0v) is 13.3. The lowest BCUT2D eigenvalue weighted by molar-refractivity contribution is 0.106. The maximum atomic E-state index is 9.70. The molecule has 0 aliphatic carbocycles. The van der Waals surface area contributed by atoms with Crippen molar-refractivity contribution in [3.05, 3.63) is 23.8 Å². The number of aliphatic hydroxyl groups is 1. The predicted molar refractivity (Wildman–Crippen MR) is 84.0 cm³/mol. The SMILES string of the molecule is CCC(CC)(CO)CNC1CCOc2ccc(OC)cc21. The summed E-state index contributed by atoms with van der Waals surface area (Å²) < 4.78 is 11.0. The minimum absolute atomic E-state index is 0.0304. The van der Waals surface area contributed by atoms with Crippen molar-refractivity contribution in [2.75, 3.05) is 26.9 Å². The fourth-order valence-corrected chi connectivity index (χ4v) is 2.83. The molecule has 0 saturated carbocycles. The van der Waals surface area contributed by atoms with Crippen LogP contribution in [0.1, 0.15) is 44.7 Å². The number of hydrogen-bond donors (Lipinski definition) is 2. The molecular formula is C17H27NO3. The molecule has 0 radical (unpaired) electrons. The van der Waals surface area contributed by atoms with E-state index in [4.69, 9.17) is 9.47 Å². The first-order valence-electron chi connectivity index (χ1n) is 7.83. The Hall–Kier alpha value is -1.26. The van der Waals surface area contributed by atoms with Gasteiger partial charge in [0.25, 0.3) is 0 Å². The summed E-state index contributed by atoms with van der Waals surface area (Å²) in [5.74, 6) is 1.78. The molecule has 0 aromatic heterocycles. The second kappa shape index (κ2) is 7.14. The van der Waals surface area contributed by atoms with Gasteiger partial charge in [-0.1, -0.05) is 13.8 Å². The third-order valence-corrected chi connectivity index (χ3v) is 4.82. The maximum Gasteiger partial charge on any atom is 0.124 e. The van der Waals surface area contributed by atoms with Crippen molar-refractivity contribution in [3.63, 3.8) is 0 Å². The summed E-state index contributed by atoms with van der Waals surface area (Å²) in [7, 11) is 1.68. The first-order valence-corrected chi connectivity index (χ1v) is 7.83. The quantitative estimate of drug-likeness (QED) is 0.811. The number of ether oxygens (including phenoxy) is 2. The van der Waals surface area contributed by atoms with Gasteiger partial charge in [-0.2, -0.15) is 0 Å². The van der Waals surface area contributed by atoms with Crippen LogP contribution in [-0.4, -0.2) is 32.0 Å². The lowest BCUT2D eigenvalue weighted by atomic mass is 9.82. The second-order valence-electron chi connectivity index (χ2n) is 5.84. The van der Waals surface area contributed by atoms with Gasteiger partial charge in [0.15, 0.2) is 0 Å². The summed E-state index contributed by atoms with van der Waals surface area (Å²) in [6, 6.07) is 6.20. The highest BCUT2D eigenvalue weighted by atomic mass is 16.5. The minimum atomic E-state index is -0.0304. The summed E-state index contributed by atoms with van der Waals surface area (Å²) >= 11 is 0. The van der Waals surface area contributed by atoms with Crippen LogP contribution in [0.15, 0.2) is 18.2 Å². The molecule has 4 nitrogen and oxygen atoms in total. The average Bonchev–Trinajstić information content (AvgIpc) is 2.56. The molecule has 1 aliphatic rings. The van der Waals surface area contributed by atoms with E-state index in [1.54, 1.807) is 7.11 Å². The third-order valence-electron chi connectivity index (χ3n) is 4.82. The summed E-state index contributed by atoms with van der Waals surface area (Å²) in [5, 5.41) is 13.3. The molecule has 1 aliphatic heterocycles. The van der Waals surface area contributed by atoms with Gasteiger partial charge in [0.2, 0.25) is 0 Å². The van der Waals surface area contributed by atoms with Crippen LogP contribution in [-0.2, 0) is 0 Å². The van der Waals surface area contributed by atoms with E-state index < -0.39 is 0 Å². The van der Waals surface area contributed by atoms with Crippen molar-refractivity contribution in [3.8, 4) is 11.5 Å². The number of hydrogen-bond acceptors (Lipinski definition) is 4. The van der Waals surface area contributed by atoms with Crippen LogP contribution in [0.5, 0.6) is 11.5 Å². The Morgan fingerprint density at radius 1 is 1.38 bits per heavy atom. The standard InChI is InChI=1S/C17H27NO3/c1-4-17(5-2,12-19)11-18-15-8-9-21-16-7-6-13(20-3)10-14(15)16/h6-7,10,15,18-19H,4-5,8-9,11-12H2,1-3H3. The van der Waals surface area contributed by atoms with E-state index in [2.05, 4.69) is 19.2 Å². The zero-order chi connectivity index (χ0) is 15.3. The number of benzene rings is 1. The number of aliphatic hydroxyl groups excluding tert-OH is 1. The Morgan fingerprint density at radius 3 is 2.76 bits per heavy atom. The summed E-state index contributed by atoms with van der Waals surface area (Å²) in [4.78, 5) is 0. The fraction of sp³-hybridized carbons (Fsp3) is 0.647. The Bertz CT molecular complexity index is 449. The summed E-state index contributed by atoms with van der Waals surface area (Å²) in [5.41, 5.74) is 1.12. The molecule has 1 aromatic carbocycles. The van der Waals surface area contributed by atoms with Crippen LogP contribution in [0.4, 0.5) is 0 Å². The molecule has 0 amide bonds. The highest BCUT2D eigenvalue weighted by molar-refractivity contribution is 5.43. The first-order chi connectivity index (χ1) is 10.2. The number of methoxy groups -OCH3 is 1. The van der Waals surface area contributed by atoms with Crippen molar-refractivity contribution in [1.29, 1.82) is 0 Å². The molecule has 21 heavy (non-hydrogen) atoms. The van der Waals surface area contributed by atoms with Gasteiger partial charge in [0.1, 0.15) is 11.5 Å². The predicted octanol–water partition coefficient (Wildman–Crippen LogP) is 2.91. The number of nitrogens with one attached hydrogen (secondary N) is 1. The molecule has 2 N–H and O–H groups in total. The van der Waals surface area contributed by atoms with E-state index >= 15 is 0 Å². The molecular weight excluding hydrogens is 266 g/mol. The second-order valence-corrected chi connectivity index (χ2v) is 5.84. The summed E-state index contributed by atoms with van der Waals surface area (Å²) in [6.07, 6.45) is 2.89. The highest BCUT2D eigenvalue weighted by Gasteiger charge is 2.28. The van der Waals surface area contributed by atoms with Crippen LogP contribution in [0.2, 0.25) is 0 Å². The van der Waals surface area contributed by atoms with Crippen LogP contribution in [0, 0.1) is 5.41 Å². The maximum absolute atomic E-state index is 9.70. The van der Waals surface area contributed by atoms with Crippen LogP contribution < -0.4 is 14.8 Å². The molecule has 118 valence electrons. The smallest absolute Gasteiger partial charge is 0.124 e. The molecule has 0 saturated heterocycles. The van der Waals surface area contributed by atoms with Crippen LogP contribution in [0.3, 0.4) is 0 Å². The van der Waals surface area contributed by atoms with Crippen molar-refractivity contribution >= 4 is 0 Å². The van der Waals surface area contributed by atoms with Crippen LogP contribution >= 0.6 is 0 Å². The fourth-order valence-electron chi connectivity index (χ4n) is 2.83. The van der Waals surface area contributed by atoms with Gasteiger partial charge < -0.3 is 19.9 Å². The molecule has 1 unspecified atom stereocenters. The van der Waals surface area contributed by atoms with Gasteiger partial charge >= 0.3 is 0 Å².